The quantitative estimate of drug-likeness (QED) is 0.576. The average molecular weight is 364 g/mol. The van der Waals surface area contributed by atoms with Gasteiger partial charge in [-0.25, -0.2) is 4.68 Å². The predicted octanol–water partition coefficient (Wildman–Crippen LogP) is 4.23. The van der Waals surface area contributed by atoms with Crippen LogP contribution in [0.15, 0.2) is 53.9 Å². The van der Waals surface area contributed by atoms with Gasteiger partial charge in [0.05, 0.1) is 10.6 Å². The van der Waals surface area contributed by atoms with E-state index < -0.39 is 0 Å². The van der Waals surface area contributed by atoms with Crippen molar-refractivity contribution in [1.82, 2.24) is 19.7 Å². The minimum Gasteiger partial charge on any atom is -0.351 e. The molecule has 132 valence electrons. The maximum Gasteiger partial charge on any atom is 0.267 e. The first-order valence-corrected chi connectivity index (χ1v) is 9.54. The number of aryl methyl sites for hydroxylation is 1. The number of aromatic nitrogens is 3. The Morgan fingerprint density at radius 2 is 2.00 bits per heavy atom. The van der Waals surface area contributed by atoms with Crippen molar-refractivity contribution in [3.05, 3.63) is 59.6 Å². The summed E-state index contributed by atoms with van der Waals surface area (Å²) >= 11 is 1.65. The summed E-state index contributed by atoms with van der Waals surface area (Å²) in [7, 11) is 1.92. The molecule has 0 aliphatic rings. The highest BCUT2D eigenvalue weighted by Crippen LogP contribution is 2.34. The number of nitrogens with one attached hydrogen (secondary N) is 1. The molecule has 1 aromatic carbocycles. The van der Waals surface area contributed by atoms with Gasteiger partial charge in [0.15, 0.2) is 0 Å². The lowest BCUT2D eigenvalue weighted by atomic mass is 10.2. The van der Waals surface area contributed by atoms with Crippen LogP contribution in [0.5, 0.6) is 0 Å². The van der Waals surface area contributed by atoms with Crippen molar-refractivity contribution in [2.75, 3.05) is 6.54 Å². The van der Waals surface area contributed by atoms with Gasteiger partial charge < -0.3 is 9.88 Å². The molecule has 0 saturated heterocycles. The summed E-state index contributed by atoms with van der Waals surface area (Å²) in [6, 6.07) is 16.0. The molecule has 6 heteroatoms. The number of hydrogen-bond donors (Lipinski definition) is 1. The summed E-state index contributed by atoms with van der Waals surface area (Å²) in [5.41, 5.74) is 3.45. The first-order valence-electron chi connectivity index (χ1n) is 8.66. The highest BCUT2D eigenvalue weighted by atomic mass is 32.1. The highest BCUT2D eigenvalue weighted by molar-refractivity contribution is 7.13. The lowest BCUT2D eigenvalue weighted by molar-refractivity contribution is 0.0946. The van der Waals surface area contributed by atoms with Crippen molar-refractivity contribution in [3.63, 3.8) is 0 Å². The van der Waals surface area contributed by atoms with E-state index in [-0.39, 0.29) is 5.91 Å². The summed E-state index contributed by atoms with van der Waals surface area (Å²) in [5.74, 6) is -0.0534. The summed E-state index contributed by atoms with van der Waals surface area (Å²) in [6.07, 6.45) is 0.911. The lowest BCUT2D eigenvalue weighted by Crippen LogP contribution is -2.26. The summed E-state index contributed by atoms with van der Waals surface area (Å²) < 4.78 is 3.85. The molecular formula is C20H20N4OS. The molecule has 1 amide bonds. The van der Waals surface area contributed by atoms with Crippen LogP contribution in [0.2, 0.25) is 0 Å². The zero-order valence-electron chi connectivity index (χ0n) is 14.8. The van der Waals surface area contributed by atoms with E-state index in [1.165, 1.54) is 0 Å². The van der Waals surface area contributed by atoms with E-state index in [1.54, 1.807) is 11.3 Å². The van der Waals surface area contributed by atoms with Gasteiger partial charge in [-0.3, -0.25) is 4.79 Å². The van der Waals surface area contributed by atoms with Crippen molar-refractivity contribution in [3.8, 4) is 16.3 Å². The Balaban J connectivity index is 1.94. The van der Waals surface area contributed by atoms with Gasteiger partial charge in [0.25, 0.3) is 5.91 Å². The molecule has 3 aromatic heterocycles. The molecule has 5 nitrogen and oxygen atoms in total. The number of para-hydroxylation sites is 1. The Labute approximate surface area is 155 Å². The van der Waals surface area contributed by atoms with Gasteiger partial charge in [0, 0.05) is 19.0 Å². The van der Waals surface area contributed by atoms with Gasteiger partial charge in [0.1, 0.15) is 17.0 Å². The standard InChI is InChI=1S/C20H20N4OS/c1-3-11-21-19(25)16-13-15-18(17-10-7-12-26-17)22-24(20(15)23(16)2)14-8-5-4-6-9-14/h4-10,12-13H,3,11H2,1-2H3,(H,21,25). The fraction of sp³-hybridized carbons (Fsp3) is 0.200. The van der Waals surface area contributed by atoms with Crippen molar-refractivity contribution in [1.29, 1.82) is 0 Å². The third-order valence-electron chi connectivity index (χ3n) is 4.38. The minimum absolute atomic E-state index is 0.0534. The van der Waals surface area contributed by atoms with E-state index >= 15 is 0 Å². The van der Waals surface area contributed by atoms with E-state index in [4.69, 9.17) is 5.10 Å². The average Bonchev–Trinajstić information content (AvgIpc) is 3.37. The third-order valence-corrected chi connectivity index (χ3v) is 5.26. The molecular weight excluding hydrogens is 344 g/mol. The highest BCUT2D eigenvalue weighted by Gasteiger charge is 2.22. The van der Waals surface area contributed by atoms with E-state index in [2.05, 4.69) is 11.4 Å². The van der Waals surface area contributed by atoms with Crippen LogP contribution in [0.25, 0.3) is 27.3 Å². The van der Waals surface area contributed by atoms with Crippen LogP contribution in [-0.4, -0.2) is 26.8 Å². The molecule has 0 unspecified atom stereocenters. The van der Waals surface area contributed by atoms with E-state index in [1.807, 2.05) is 71.1 Å². The normalized spacial score (nSPS) is 11.2. The number of benzene rings is 1. The molecule has 0 saturated carbocycles. The Kier molecular flexibility index (Phi) is 4.34. The number of carbonyl (C=O) groups is 1. The topological polar surface area (TPSA) is 51.9 Å². The van der Waals surface area contributed by atoms with E-state index in [0.717, 1.165) is 33.7 Å². The second-order valence-electron chi connectivity index (χ2n) is 6.16. The van der Waals surface area contributed by atoms with Crippen LogP contribution < -0.4 is 5.32 Å². The fourth-order valence-corrected chi connectivity index (χ4v) is 3.84. The van der Waals surface area contributed by atoms with E-state index in [9.17, 15) is 4.79 Å². The van der Waals surface area contributed by atoms with Crippen LogP contribution in [0.1, 0.15) is 23.8 Å². The molecule has 0 atom stereocenters. The zero-order chi connectivity index (χ0) is 18.1. The van der Waals surface area contributed by atoms with Crippen molar-refractivity contribution in [2.24, 2.45) is 7.05 Å². The molecule has 0 fully saturated rings. The van der Waals surface area contributed by atoms with Gasteiger partial charge in [-0.05, 0) is 36.1 Å². The molecule has 0 spiro atoms. The maximum atomic E-state index is 12.6. The van der Waals surface area contributed by atoms with Gasteiger partial charge >= 0.3 is 0 Å². The molecule has 0 aliphatic carbocycles. The van der Waals surface area contributed by atoms with Crippen LogP contribution in [0.4, 0.5) is 0 Å². The number of fused-ring (bicyclic) bond motifs is 1. The van der Waals surface area contributed by atoms with Gasteiger partial charge in [0.2, 0.25) is 0 Å². The zero-order valence-corrected chi connectivity index (χ0v) is 15.6. The molecule has 1 N–H and O–H groups in total. The minimum atomic E-state index is -0.0534. The number of hydrogen-bond acceptors (Lipinski definition) is 3. The lowest BCUT2D eigenvalue weighted by Gasteiger charge is -2.08. The second kappa shape index (κ2) is 6.80. The van der Waals surface area contributed by atoms with E-state index in [0.29, 0.717) is 12.2 Å². The molecule has 3 heterocycles. The monoisotopic (exact) mass is 364 g/mol. The summed E-state index contributed by atoms with van der Waals surface area (Å²) in [4.78, 5) is 13.7. The van der Waals surface area contributed by atoms with Gasteiger partial charge in [-0.2, -0.15) is 5.10 Å². The third kappa shape index (κ3) is 2.72. The Bertz CT molecular complexity index is 1040. The SMILES string of the molecule is CCCNC(=O)c1cc2c(-c3cccs3)nn(-c3ccccc3)c2n1C. The van der Waals surface area contributed by atoms with Gasteiger partial charge in [-0.15, -0.1) is 11.3 Å². The molecule has 0 radical (unpaired) electrons. The van der Waals surface area contributed by atoms with Crippen molar-refractivity contribution in [2.45, 2.75) is 13.3 Å². The molecule has 0 aliphatic heterocycles. The Hall–Kier alpha value is -2.86. The Morgan fingerprint density at radius 1 is 1.19 bits per heavy atom. The van der Waals surface area contributed by atoms with Gasteiger partial charge in [-0.1, -0.05) is 31.2 Å². The van der Waals surface area contributed by atoms with Crippen LogP contribution >= 0.6 is 11.3 Å². The fourth-order valence-electron chi connectivity index (χ4n) is 3.12. The molecule has 0 bridgehead atoms. The number of nitrogens with zero attached hydrogens (tertiary/aromatic N) is 3. The summed E-state index contributed by atoms with van der Waals surface area (Å²) in [5, 5.41) is 10.9. The largest absolute Gasteiger partial charge is 0.351 e. The molecule has 4 aromatic rings. The van der Waals surface area contributed by atoms with Crippen molar-refractivity contribution < 1.29 is 4.79 Å². The number of rotatable bonds is 5. The maximum absolute atomic E-state index is 12.6. The number of thiophene rings is 1. The molecule has 26 heavy (non-hydrogen) atoms. The predicted molar refractivity (Wildman–Crippen MR) is 106 cm³/mol. The van der Waals surface area contributed by atoms with Crippen LogP contribution in [0, 0.1) is 0 Å². The first kappa shape index (κ1) is 16.6. The Morgan fingerprint density at radius 3 is 2.69 bits per heavy atom. The first-order chi connectivity index (χ1) is 12.7. The number of carbonyl (C=O) groups excluding carboxylic acids is 1. The second-order valence-corrected chi connectivity index (χ2v) is 7.10. The van der Waals surface area contributed by atoms with Crippen LogP contribution in [0.3, 0.4) is 0 Å². The van der Waals surface area contributed by atoms with Crippen molar-refractivity contribution >= 4 is 28.3 Å². The van der Waals surface area contributed by atoms with Crippen LogP contribution in [-0.2, 0) is 7.05 Å². The molecule has 4 rings (SSSR count). The smallest absolute Gasteiger partial charge is 0.267 e. The summed E-state index contributed by atoms with van der Waals surface area (Å²) in [6.45, 7) is 2.72. The number of amides is 1.